The summed E-state index contributed by atoms with van der Waals surface area (Å²) >= 11 is 0. The van der Waals surface area contributed by atoms with Gasteiger partial charge >= 0.3 is 0 Å². The van der Waals surface area contributed by atoms with Crippen molar-refractivity contribution in [3.05, 3.63) is 40.3 Å². The maximum atomic E-state index is 11.2. The molecule has 2 aromatic rings. The Balaban J connectivity index is 2.43. The highest BCUT2D eigenvalue weighted by Gasteiger charge is 2.14. The van der Waals surface area contributed by atoms with E-state index in [1.54, 1.807) is 0 Å². The van der Waals surface area contributed by atoms with E-state index in [2.05, 4.69) is 27.4 Å². The Labute approximate surface area is 142 Å². The van der Waals surface area contributed by atoms with Crippen LogP contribution in [0.4, 0.5) is 5.82 Å². The van der Waals surface area contributed by atoms with Crippen molar-refractivity contribution in [1.82, 2.24) is 4.98 Å². The first kappa shape index (κ1) is 18.0. The minimum absolute atomic E-state index is 0.150. The van der Waals surface area contributed by atoms with E-state index in [4.69, 9.17) is 5.73 Å². The predicted octanol–water partition coefficient (Wildman–Crippen LogP) is 3.62. The molecular formula is C18H25N5O. The maximum absolute atomic E-state index is 11.2. The van der Waals surface area contributed by atoms with Gasteiger partial charge in [0.25, 0.3) is 0 Å². The number of aromatic nitrogens is 1. The molecule has 0 saturated heterocycles. The minimum Gasteiger partial charge on any atom is -0.369 e. The lowest BCUT2D eigenvalue weighted by molar-refractivity contribution is 0.613. The first-order valence-corrected chi connectivity index (χ1v) is 8.38. The number of nitroso groups, excluding NO2 is 1. The largest absolute Gasteiger partial charge is 0.369 e. The predicted molar refractivity (Wildman–Crippen MR) is 101 cm³/mol. The van der Waals surface area contributed by atoms with Gasteiger partial charge in [0, 0.05) is 24.5 Å². The van der Waals surface area contributed by atoms with Gasteiger partial charge in [-0.3, -0.25) is 4.99 Å². The molecule has 0 radical (unpaired) electrons. The Morgan fingerprint density at radius 3 is 2.79 bits per heavy atom. The van der Waals surface area contributed by atoms with Crippen LogP contribution in [0, 0.1) is 11.8 Å². The third-order valence-corrected chi connectivity index (χ3v) is 3.94. The van der Waals surface area contributed by atoms with Gasteiger partial charge in [-0.25, -0.2) is 4.98 Å². The van der Waals surface area contributed by atoms with Crippen LogP contribution in [0.5, 0.6) is 0 Å². The zero-order valence-corrected chi connectivity index (χ0v) is 14.5. The first-order valence-electron chi connectivity index (χ1n) is 8.38. The molecule has 24 heavy (non-hydrogen) atoms. The first-order chi connectivity index (χ1) is 11.6. The van der Waals surface area contributed by atoms with E-state index in [0.717, 1.165) is 29.3 Å². The van der Waals surface area contributed by atoms with Crippen LogP contribution in [-0.4, -0.2) is 30.0 Å². The minimum atomic E-state index is 0.150. The van der Waals surface area contributed by atoms with E-state index in [9.17, 15) is 4.91 Å². The molecule has 0 amide bonds. The van der Waals surface area contributed by atoms with Gasteiger partial charge in [-0.2, -0.15) is 0 Å². The lowest BCUT2D eigenvalue weighted by Crippen LogP contribution is -2.22. The fourth-order valence-corrected chi connectivity index (χ4v) is 2.49. The highest BCUT2D eigenvalue weighted by Crippen LogP contribution is 2.23. The number of hydrogen-bond acceptors (Lipinski definition) is 5. The summed E-state index contributed by atoms with van der Waals surface area (Å²) in [5, 5.41) is 7.35. The van der Waals surface area contributed by atoms with Crippen LogP contribution in [0.15, 0.2) is 34.4 Å². The van der Waals surface area contributed by atoms with Gasteiger partial charge in [-0.05, 0) is 50.1 Å². The number of pyridine rings is 1. The summed E-state index contributed by atoms with van der Waals surface area (Å²) < 4.78 is 0. The maximum Gasteiger partial charge on any atom is 0.203 e. The van der Waals surface area contributed by atoms with Crippen molar-refractivity contribution in [2.24, 2.45) is 15.9 Å². The van der Waals surface area contributed by atoms with Crippen LogP contribution in [-0.2, 0) is 0 Å². The Kier molecular flexibility index (Phi) is 6.37. The second-order valence-electron chi connectivity index (χ2n) is 5.85. The summed E-state index contributed by atoms with van der Waals surface area (Å²) in [6.07, 6.45) is 1.76. The normalized spacial score (nSPS) is 13.1. The molecule has 6 nitrogen and oxygen atoms in total. The molecule has 2 rings (SSSR count). The van der Waals surface area contributed by atoms with Crippen LogP contribution in [0.1, 0.15) is 37.8 Å². The van der Waals surface area contributed by atoms with Gasteiger partial charge in [0.05, 0.1) is 11.1 Å². The SMILES string of the molecule is CCN=C(N=O)c1cc2cc(C)ccc2nc1NCCC(N)CC. The van der Waals surface area contributed by atoms with E-state index in [1.807, 2.05) is 38.1 Å². The number of aliphatic imine (C=N–C) groups is 1. The molecule has 3 N–H and O–H groups in total. The number of nitrogens with one attached hydrogen (secondary N) is 1. The average Bonchev–Trinajstić information content (AvgIpc) is 2.59. The molecule has 0 saturated carbocycles. The molecule has 0 bridgehead atoms. The number of nitrogens with zero attached hydrogens (tertiary/aromatic N) is 3. The van der Waals surface area contributed by atoms with Crippen molar-refractivity contribution in [2.75, 3.05) is 18.4 Å². The van der Waals surface area contributed by atoms with Gasteiger partial charge in [0.1, 0.15) is 5.82 Å². The molecule has 0 aliphatic rings. The zero-order valence-electron chi connectivity index (χ0n) is 14.5. The molecule has 6 heteroatoms. The van der Waals surface area contributed by atoms with Gasteiger partial charge < -0.3 is 11.1 Å². The molecule has 0 fully saturated rings. The molecule has 0 aliphatic carbocycles. The Bertz CT molecular complexity index is 742. The number of anilines is 1. The van der Waals surface area contributed by atoms with Gasteiger partial charge in [0.2, 0.25) is 5.84 Å². The summed E-state index contributed by atoms with van der Waals surface area (Å²) in [5.74, 6) is 0.803. The molecule has 128 valence electrons. The van der Waals surface area contributed by atoms with E-state index < -0.39 is 0 Å². The number of nitrogens with two attached hydrogens (primary N) is 1. The number of benzene rings is 1. The summed E-state index contributed by atoms with van der Waals surface area (Å²) in [6, 6.07) is 8.11. The molecule has 1 heterocycles. The highest BCUT2D eigenvalue weighted by molar-refractivity contribution is 6.06. The quantitative estimate of drug-likeness (QED) is 0.461. The van der Waals surface area contributed by atoms with Crippen molar-refractivity contribution in [3.8, 4) is 0 Å². The van der Waals surface area contributed by atoms with Gasteiger partial charge in [0.15, 0.2) is 0 Å². The Morgan fingerprint density at radius 1 is 1.33 bits per heavy atom. The van der Waals surface area contributed by atoms with Crippen molar-refractivity contribution in [2.45, 2.75) is 39.7 Å². The molecular weight excluding hydrogens is 302 g/mol. The molecule has 1 atom stereocenters. The average molecular weight is 327 g/mol. The summed E-state index contributed by atoms with van der Waals surface area (Å²) in [4.78, 5) is 20.1. The topological polar surface area (TPSA) is 92.7 Å². The fourth-order valence-electron chi connectivity index (χ4n) is 2.49. The van der Waals surface area contributed by atoms with E-state index >= 15 is 0 Å². The van der Waals surface area contributed by atoms with Crippen LogP contribution in [0.2, 0.25) is 0 Å². The van der Waals surface area contributed by atoms with Crippen LogP contribution < -0.4 is 11.1 Å². The smallest absolute Gasteiger partial charge is 0.203 e. The van der Waals surface area contributed by atoms with Crippen molar-refractivity contribution < 1.29 is 0 Å². The van der Waals surface area contributed by atoms with Crippen LogP contribution in [0.3, 0.4) is 0 Å². The van der Waals surface area contributed by atoms with Crippen molar-refractivity contribution in [1.29, 1.82) is 0 Å². The van der Waals surface area contributed by atoms with Gasteiger partial charge in [-0.1, -0.05) is 18.6 Å². The molecule has 1 unspecified atom stereocenters. The Hall–Kier alpha value is -2.34. The lowest BCUT2D eigenvalue weighted by atomic mass is 10.1. The van der Waals surface area contributed by atoms with Crippen LogP contribution >= 0.6 is 0 Å². The number of fused-ring (bicyclic) bond motifs is 1. The van der Waals surface area contributed by atoms with E-state index in [1.165, 1.54) is 0 Å². The monoisotopic (exact) mass is 327 g/mol. The molecule has 1 aromatic heterocycles. The molecule has 0 aliphatic heterocycles. The van der Waals surface area contributed by atoms with E-state index in [0.29, 0.717) is 24.5 Å². The summed E-state index contributed by atoms with van der Waals surface area (Å²) in [6.45, 7) is 7.14. The highest BCUT2D eigenvalue weighted by atomic mass is 16.3. The number of aryl methyl sites for hydroxylation is 1. The standard InChI is InChI=1S/C18H25N5O/c1-4-14(19)8-9-21-17-15(18(23-24)20-5-2)11-13-10-12(3)6-7-16(13)22-17/h6-7,10-11,14H,4-5,8-9,19H2,1-3H3,(H,21,22). The van der Waals surface area contributed by atoms with Crippen molar-refractivity contribution >= 4 is 22.6 Å². The number of hydrogen-bond donors (Lipinski definition) is 2. The molecule has 0 spiro atoms. The summed E-state index contributed by atoms with van der Waals surface area (Å²) in [5.41, 5.74) is 8.60. The third kappa shape index (κ3) is 4.35. The van der Waals surface area contributed by atoms with Crippen LogP contribution in [0.25, 0.3) is 10.9 Å². The van der Waals surface area contributed by atoms with E-state index in [-0.39, 0.29) is 11.9 Å². The third-order valence-electron chi connectivity index (χ3n) is 3.94. The number of rotatable bonds is 7. The van der Waals surface area contributed by atoms with Crippen molar-refractivity contribution in [3.63, 3.8) is 0 Å². The summed E-state index contributed by atoms with van der Waals surface area (Å²) in [7, 11) is 0. The fraction of sp³-hybridized carbons (Fsp3) is 0.444. The molecule has 1 aromatic carbocycles. The number of amidine groups is 1. The lowest BCUT2D eigenvalue weighted by Gasteiger charge is -2.14. The zero-order chi connectivity index (χ0) is 17.5. The second-order valence-corrected chi connectivity index (χ2v) is 5.85. The second kappa shape index (κ2) is 8.49. The van der Waals surface area contributed by atoms with Gasteiger partial charge in [-0.15, -0.1) is 4.91 Å². The Morgan fingerprint density at radius 2 is 2.12 bits per heavy atom.